The zero-order valence-corrected chi connectivity index (χ0v) is 11.3. The van der Waals surface area contributed by atoms with Crippen molar-refractivity contribution < 1.29 is 9.50 Å². The summed E-state index contributed by atoms with van der Waals surface area (Å²) in [5.74, 6) is -0.281. The quantitative estimate of drug-likeness (QED) is 0.903. The van der Waals surface area contributed by atoms with Crippen LogP contribution in [0.2, 0.25) is 0 Å². The molecule has 2 nitrogen and oxygen atoms in total. The number of halogens is 1. The molecule has 1 aliphatic rings. The van der Waals surface area contributed by atoms with Gasteiger partial charge in [0.15, 0.2) is 0 Å². The molecule has 0 amide bonds. The number of aliphatic hydroxyl groups is 1. The van der Waals surface area contributed by atoms with Gasteiger partial charge in [-0.2, -0.15) is 5.26 Å². The van der Waals surface area contributed by atoms with Crippen LogP contribution in [-0.4, -0.2) is 10.7 Å². The summed E-state index contributed by atoms with van der Waals surface area (Å²) in [6, 6.07) is 8.51. The average Bonchev–Trinajstić information content (AvgIpc) is 2.42. The molecule has 1 unspecified atom stereocenters. The van der Waals surface area contributed by atoms with Gasteiger partial charge in [0.05, 0.1) is 17.1 Å². The molecule has 0 saturated heterocycles. The van der Waals surface area contributed by atoms with Gasteiger partial charge in [-0.05, 0) is 37.5 Å². The topological polar surface area (TPSA) is 44.0 Å². The number of rotatable bonds is 3. The van der Waals surface area contributed by atoms with E-state index in [1.165, 1.54) is 12.1 Å². The maximum Gasteiger partial charge on any atom is 0.123 e. The van der Waals surface area contributed by atoms with Crippen LogP contribution in [0.3, 0.4) is 0 Å². The highest BCUT2D eigenvalue weighted by atomic mass is 19.1. The van der Waals surface area contributed by atoms with E-state index < -0.39 is 11.0 Å². The monoisotopic (exact) mass is 261 g/mol. The SMILES string of the molecule is CC(O)(Cc1ccc(F)cc1)C1(C#N)CCCCC1. The molecule has 0 heterocycles. The average molecular weight is 261 g/mol. The van der Waals surface area contributed by atoms with Crippen LogP contribution >= 0.6 is 0 Å². The van der Waals surface area contributed by atoms with Crippen LogP contribution in [0.4, 0.5) is 4.39 Å². The lowest BCUT2D eigenvalue weighted by atomic mass is 9.63. The molecule has 0 bridgehead atoms. The molecule has 0 radical (unpaired) electrons. The van der Waals surface area contributed by atoms with Gasteiger partial charge >= 0.3 is 0 Å². The molecule has 0 aliphatic heterocycles. The first-order chi connectivity index (χ1) is 8.99. The van der Waals surface area contributed by atoms with Crippen molar-refractivity contribution in [2.24, 2.45) is 5.41 Å². The lowest BCUT2D eigenvalue weighted by molar-refractivity contribution is -0.0569. The fraction of sp³-hybridized carbons (Fsp3) is 0.562. The van der Waals surface area contributed by atoms with Crippen LogP contribution < -0.4 is 0 Å². The van der Waals surface area contributed by atoms with Gasteiger partial charge in [0, 0.05) is 6.42 Å². The molecule has 102 valence electrons. The summed E-state index contributed by atoms with van der Waals surface area (Å²) in [5.41, 5.74) is -0.869. The van der Waals surface area contributed by atoms with E-state index in [2.05, 4.69) is 6.07 Å². The molecule has 1 N–H and O–H groups in total. The van der Waals surface area contributed by atoms with Crippen LogP contribution in [0.15, 0.2) is 24.3 Å². The third kappa shape index (κ3) is 2.79. The molecule has 0 spiro atoms. The second kappa shape index (κ2) is 5.30. The molecule has 1 fully saturated rings. The van der Waals surface area contributed by atoms with Crippen LogP contribution in [0.5, 0.6) is 0 Å². The molecule has 1 atom stereocenters. The molecule has 3 heteroatoms. The summed E-state index contributed by atoms with van der Waals surface area (Å²) in [5, 5.41) is 20.3. The Kier molecular flexibility index (Phi) is 3.91. The minimum Gasteiger partial charge on any atom is -0.388 e. The van der Waals surface area contributed by atoms with Crippen molar-refractivity contribution in [1.29, 1.82) is 5.26 Å². The number of nitrogens with zero attached hydrogens (tertiary/aromatic N) is 1. The standard InChI is InChI=1S/C16H20FNO/c1-15(19,11-13-5-7-14(17)8-6-13)16(12-18)9-3-2-4-10-16/h5-8,19H,2-4,9-11H2,1H3. The first-order valence-corrected chi connectivity index (χ1v) is 6.87. The van der Waals surface area contributed by atoms with E-state index in [1.54, 1.807) is 19.1 Å². The summed E-state index contributed by atoms with van der Waals surface area (Å²) in [4.78, 5) is 0. The summed E-state index contributed by atoms with van der Waals surface area (Å²) < 4.78 is 12.9. The van der Waals surface area contributed by atoms with Crippen molar-refractivity contribution in [2.45, 2.75) is 51.0 Å². The highest BCUT2D eigenvalue weighted by molar-refractivity contribution is 5.22. The van der Waals surface area contributed by atoms with Crippen LogP contribution in [0.25, 0.3) is 0 Å². The Labute approximate surface area is 113 Å². The van der Waals surface area contributed by atoms with Gasteiger partial charge in [-0.15, -0.1) is 0 Å². The van der Waals surface area contributed by atoms with Gasteiger partial charge in [-0.3, -0.25) is 0 Å². The Hall–Kier alpha value is -1.40. The van der Waals surface area contributed by atoms with Crippen LogP contribution in [0.1, 0.15) is 44.6 Å². The molecular formula is C16H20FNO. The normalized spacial score (nSPS) is 21.4. The van der Waals surface area contributed by atoms with Crippen molar-refractivity contribution in [3.63, 3.8) is 0 Å². The Bertz CT molecular complexity index is 467. The van der Waals surface area contributed by atoms with Gasteiger partial charge < -0.3 is 5.11 Å². The highest BCUT2D eigenvalue weighted by Gasteiger charge is 2.47. The molecule has 19 heavy (non-hydrogen) atoms. The Morgan fingerprint density at radius 1 is 1.26 bits per heavy atom. The third-order valence-corrected chi connectivity index (χ3v) is 4.41. The second-order valence-electron chi connectivity index (χ2n) is 5.83. The largest absolute Gasteiger partial charge is 0.388 e. The van der Waals surface area contributed by atoms with E-state index in [9.17, 15) is 14.8 Å². The van der Waals surface area contributed by atoms with Gasteiger partial charge in [-0.25, -0.2) is 4.39 Å². The number of hydrogen-bond donors (Lipinski definition) is 1. The van der Waals surface area contributed by atoms with Crippen molar-refractivity contribution in [1.82, 2.24) is 0 Å². The summed E-state index contributed by atoms with van der Waals surface area (Å²) >= 11 is 0. The molecule has 1 aliphatic carbocycles. The Balaban J connectivity index is 2.20. The predicted molar refractivity (Wildman–Crippen MR) is 71.9 cm³/mol. The number of benzene rings is 1. The summed E-state index contributed by atoms with van der Waals surface area (Å²) in [6.45, 7) is 1.74. The summed E-state index contributed by atoms with van der Waals surface area (Å²) in [6.07, 6.45) is 5.01. The summed E-state index contributed by atoms with van der Waals surface area (Å²) in [7, 11) is 0. The van der Waals surface area contributed by atoms with E-state index in [-0.39, 0.29) is 5.82 Å². The van der Waals surface area contributed by atoms with E-state index in [1.807, 2.05) is 0 Å². The fourth-order valence-corrected chi connectivity index (χ4v) is 3.10. The van der Waals surface area contributed by atoms with Crippen molar-refractivity contribution in [3.8, 4) is 6.07 Å². The number of nitriles is 1. The Morgan fingerprint density at radius 3 is 2.37 bits per heavy atom. The lowest BCUT2D eigenvalue weighted by Crippen LogP contribution is -2.48. The molecular weight excluding hydrogens is 241 g/mol. The van der Waals surface area contributed by atoms with Crippen molar-refractivity contribution in [3.05, 3.63) is 35.6 Å². The van der Waals surface area contributed by atoms with Crippen molar-refractivity contribution in [2.75, 3.05) is 0 Å². The first-order valence-electron chi connectivity index (χ1n) is 6.87. The fourth-order valence-electron chi connectivity index (χ4n) is 3.10. The minimum absolute atomic E-state index is 0.281. The highest BCUT2D eigenvalue weighted by Crippen LogP contribution is 2.45. The van der Waals surface area contributed by atoms with Gasteiger partial charge in [0.2, 0.25) is 0 Å². The molecule has 1 aromatic rings. The van der Waals surface area contributed by atoms with E-state index in [4.69, 9.17) is 0 Å². The van der Waals surface area contributed by atoms with E-state index in [0.717, 1.165) is 37.7 Å². The smallest absolute Gasteiger partial charge is 0.123 e. The molecule has 1 aromatic carbocycles. The molecule has 1 saturated carbocycles. The molecule has 2 rings (SSSR count). The minimum atomic E-state index is -1.07. The van der Waals surface area contributed by atoms with Gasteiger partial charge in [0.1, 0.15) is 5.82 Å². The van der Waals surface area contributed by atoms with Gasteiger partial charge in [-0.1, -0.05) is 31.4 Å². The zero-order chi connectivity index (χ0) is 13.9. The maximum atomic E-state index is 12.9. The number of hydrogen-bond acceptors (Lipinski definition) is 2. The van der Waals surface area contributed by atoms with Crippen molar-refractivity contribution >= 4 is 0 Å². The molecule has 0 aromatic heterocycles. The van der Waals surface area contributed by atoms with E-state index >= 15 is 0 Å². The zero-order valence-electron chi connectivity index (χ0n) is 11.3. The van der Waals surface area contributed by atoms with Crippen LogP contribution in [-0.2, 0) is 6.42 Å². The lowest BCUT2D eigenvalue weighted by Gasteiger charge is -2.43. The first kappa shape index (κ1) is 14.0. The Morgan fingerprint density at radius 2 is 1.84 bits per heavy atom. The van der Waals surface area contributed by atoms with E-state index in [0.29, 0.717) is 6.42 Å². The predicted octanol–water partition coefficient (Wildman–Crippen LogP) is 3.59. The third-order valence-electron chi connectivity index (χ3n) is 4.41. The second-order valence-corrected chi connectivity index (χ2v) is 5.83. The maximum absolute atomic E-state index is 12.9. The van der Waals surface area contributed by atoms with Crippen LogP contribution in [0, 0.1) is 22.6 Å². The van der Waals surface area contributed by atoms with Gasteiger partial charge in [0.25, 0.3) is 0 Å².